The van der Waals surface area contributed by atoms with Crippen molar-refractivity contribution in [3.63, 3.8) is 0 Å². The summed E-state index contributed by atoms with van der Waals surface area (Å²) in [5, 5.41) is 0. The molecular weight excluding hydrogens is 379 g/mol. The van der Waals surface area contributed by atoms with Gasteiger partial charge in [0.2, 0.25) is 0 Å². The quantitative estimate of drug-likeness (QED) is 0.499. The van der Waals surface area contributed by atoms with Crippen LogP contribution < -0.4 is 9.33 Å². The van der Waals surface area contributed by atoms with E-state index in [4.69, 9.17) is 9.72 Å². The topological polar surface area (TPSA) is 43.6 Å². The normalized spacial score (nSPS) is 10.7. The molecule has 2 aromatic heterocycles. The molecular formula is C20H14N2O2Se. The molecule has 0 bridgehead atoms. The Morgan fingerprint density at radius 1 is 0.880 bits per heavy atom. The molecule has 2 heterocycles. The minimum absolute atomic E-state index is 0.262. The van der Waals surface area contributed by atoms with Gasteiger partial charge in [0.1, 0.15) is 0 Å². The Kier molecular flexibility index (Phi) is 4.34. The molecule has 0 aliphatic heterocycles. The van der Waals surface area contributed by atoms with Gasteiger partial charge in [0.05, 0.1) is 0 Å². The van der Waals surface area contributed by atoms with Crippen LogP contribution in [0, 0.1) is 0 Å². The first kappa shape index (κ1) is 15.6. The second-order valence-electron chi connectivity index (χ2n) is 5.33. The predicted molar refractivity (Wildman–Crippen MR) is 98.5 cm³/mol. The Hall–Kier alpha value is -2.88. The number of pyridine rings is 1. The number of rotatable bonds is 4. The van der Waals surface area contributed by atoms with Crippen molar-refractivity contribution in [3.05, 3.63) is 85.1 Å². The molecule has 0 fully saturated rings. The Balaban J connectivity index is 1.67. The van der Waals surface area contributed by atoms with E-state index in [1.165, 1.54) is 0 Å². The average molecular weight is 393 g/mol. The molecule has 4 rings (SSSR count). The van der Waals surface area contributed by atoms with Crippen LogP contribution in [0.25, 0.3) is 16.9 Å². The SMILES string of the molecule is O=C(Oc1ccccc1)[Se]c1nc(-c2ccccc2)n2ccccc12. The molecule has 0 radical (unpaired) electrons. The summed E-state index contributed by atoms with van der Waals surface area (Å²) in [7, 11) is 0. The van der Waals surface area contributed by atoms with Gasteiger partial charge in [-0.2, -0.15) is 0 Å². The summed E-state index contributed by atoms with van der Waals surface area (Å²) in [6.45, 7) is 0. The van der Waals surface area contributed by atoms with E-state index in [0.717, 1.165) is 21.5 Å². The van der Waals surface area contributed by atoms with E-state index in [1.807, 2.05) is 77.3 Å². The number of para-hydroxylation sites is 1. The van der Waals surface area contributed by atoms with Gasteiger partial charge in [0.15, 0.2) is 0 Å². The average Bonchev–Trinajstić information content (AvgIpc) is 3.02. The van der Waals surface area contributed by atoms with Gasteiger partial charge in [0.25, 0.3) is 0 Å². The zero-order valence-corrected chi connectivity index (χ0v) is 14.9. The molecule has 2 aromatic carbocycles. The van der Waals surface area contributed by atoms with Crippen LogP contribution in [0.2, 0.25) is 0 Å². The number of aromatic nitrogens is 2. The van der Waals surface area contributed by atoms with E-state index in [9.17, 15) is 4.79 Å². The molecule has 122 valence electrons. The fraction of sp³-hybridized carbons (Fsp3) is 0. The summed E-state index contributed by atoms with van der Waals surface area (Å²) in [6.07, 6.45) is 1.97. The van der Waals surface area contributed by atoms with Gasteiger partial charge < -0.3 is 0 Å². The monoisotopic (exact) mass is 394 g/mol. The Morgan fingerprint density at radius 2 is 1.56 bits per heavy atom. The van der Waals surface area contributed by atoms with Crippen molar-refractivity contribution < 1.29 is 9.53 Å². The van der Waals surface area contributed by atoms with Crippen LogP contribution in [0.15, 0.2) is 85.1 Å². The molecule has 5 heteroatoms. The molecule has 4 nitrogen and oxygen atoms in total. The maximum atomic E-state index is 12.3. The zero-order chi connectivity index (χ0) is 17.1. The number of imidazole rings is 1. The molecule has 0 saturated heterocycles. The Labute approximate surface area is 151 Å². The molecule has 0 amide bonds. The molecule has 25 heavy (non-hydrogen) atoms. The standard InChI is InChI=1S/C20H14N2O2Se/c23-20(24-16-11-5-2-6-12-16)25-19-17-13-7-8-14-22(17)18(21-19)15-9-3-1-4-10-15/h1-14H. The summed E-state index contributed by atoms with van der Waals surface area (Å²) in [5.41, 5.74) is 1.95. The molecule has 0 spiro atoms. The maximum absolute atomic E-state index is 12.3. The molecule has 0 aliphatic rings. The van der Waals surface area contributed by atoms with Crippen molar-refractivity contribution in [3.8, 4) is 17.1 Å². The number of hydrogen-bond acceptors (Lipinski definition) is 3. The fourth-order valence-electron chi connectivity index (χ4n) is 2.56. The van der Waals surface area contributed by atoms with Gasteiger partial charge in [-0.25, -0.2) is 0 Å². The van der Waals surface area contributed by atoms with Gasteiger partial charge >= 0.3 is 151 Å². The van der Waals surface area contributed by atoms with Crippen molar-refractivity contribution in [2.75, 3.05) is 0 Å². The second kappa shape index (κ2) is 6.93. The molecule has 0 saturated carbocycles. The molecule has 4 aromatic rings. The first-order valence-corrected chi connectivity index (χ1v) is 9.50. The number of nitrogens with zero attached hydrogens (tertiary/aromatic N) is 2. The number of carbonyl (C=O) groups excluding carboxylic acids is 1. The number of carbonyl (C=O) groups is 1. The van der Waals surface area contributed by atoms with Gasteiger partial charge in [-0.15, -0.1) is 0 Å². The fourth-order valence-corrected chi connectivity index (χ4v) is 4.03. The van der Waals surface area contributed by atoms with Crippen molar-refractivity contribution in [2.24, 2.45) is 0 Å². The number of fused-ring (bicyclic) bond motifs is 1. The van der Waals surface area contributed by atoms with E-state index in [0.29, 0.717) is 5.75 Å². The van der Waals surface area contributed by atoms with Crippen LogP contribution in [0.3, 0.4) is 0 Å². The summed E-state index contributed by atoms with van der Waals surface area (Å²) < 4.78 is 8.21. The van der Waals surface area contributed by atoms with Crippen molar-refractivity contribution >= 4 is 29.9 Å². The number of ether oxygens (including phenoxy) is 1. The van der Waals surface area contributed by atoms with E-state index in [1.54, 1.807) is 12.1 Å². The number of benzene rings is 2. The first-order valence-electron chi connectivity index (χ1n) is 7.78. The van der Waals surface area contributed by atoms with Gasteiger partial charge in [0, 0.05) is 0 Å². The first-order chi connectivity index (χ1) is 12.3. The Bertz CT molecular complexity index is 1010. The third-order valence-corrected chi connectivity index (χ3v) is 5.23. The third kappa shape index (κ3) is 3.33. The van der Waals surface area contributed by atoms with Crippen LogP contribution in [0.1, 0.15) is 0 Å². The van der Waals surface area contributed by atoms with Gasteiger partial charge in [-0.3, -0.25) is 0 Å². The summed E-state index contributed by atoms with van der Waals surface area (Å²) in [4.78, 5) is 16.8. The molecule has 0 unspecified atom stereocenters. The predicted octanol–water partition coefficient (Wildman–Crippen LogP) is 3.53. The number of hydrogen-bond donors (Lipinski definition) is 0. The molecule has 0 atom stereocenters. The van der Waals surface area contributed by atoms with Crippen LogP contribution in [-0.4, -0.2) is 29.2 Å². The second-order valence-corrected chi connectivity index (χ2v) is 7.27. The van der Waals surface area contributed by atoms with Crippen LogP contribution >= 0.6 is 0 Å². The van der Waals surface area contributed by atoms with Crippen molar-refractivity contribution in [2.45, 2.75) is 0 Å². The van der Waals surface area contributed by atoms with Crippen molar-refractivity contribution in [1.82, 2.24) is 9.38 Å². The van der Waals surface area contributed by atoms with E-state index in [2.05, 4.69) is 0 Å². The van der Waals surface area contributed by atoms with E-state index in [-0.39, 0.29) is 4.87 Å². The van der Waals surface area contributed by atoms with Gasteiger partial charge in [-0.05, 0) is 0 Å². The zero-order valence-electron chi connectivity index (χ0n) is 13.2. The minimum atomic E-state index is -0.532. The summed E-state index contributed by atoms with van der Waals surface area (Å²) in [6, 6.07) is 25.0. The van der Waals surface area contributed by atoms with E-state index < -0.39 is 15.0 Å². The van der Waals surface area contributed by atoms with Crippen LogP contribution in [0.4, 0.5) is 4.79 Å². The summed E-state index contributed by atoms with van der Waals surface area (Å²) >= 11 is -0.532. The third-order valence-electron chi connectivity index (χ3n) is 3.67. The van der Waals surface area contributed by atoms with Crippen LogP contribution in [-0.2, 0) is 0 Å². The summed E-state index contributed by atoms with van der Waals surface area (Å²) in [5.74, 6) is 1.39. The molecule has 0 aliphatic carbocycles. The van der Waals surface area contributed by atoms with Gasteiger partial charge in [-0.1, -0.05) is 0 Å². The van der Waals surface area contributed by atoms with E-state index >= 15 is 0 Å². The Morgan fingerprint density at radius 3 is 2.32 bits per heavy atom. The van der Waals surface area contributed by atoms with Crippen molar-refractivity contribution in [1.29, 1.82) is 0 Å². The molecule has 0 N–H and O–H groups in total. The van der Waals surface area contributed by atoms with Crippen LogP contribution in [0.5, 0.6) is 5.75 Å².